The first-order valence-corrected chi connectivity index (χ1v) is 9.49. The summed E-state index contributed by atoms with van der Waals surface area (Å²) in [5, 5.41) is 21.4. The highest BCUT2D eigenvalue weighted by Crippen LogP contribution is 2.33. The molecule has 0 bridgehead atoms. The Hall–Kier alpha value is -4.21. The summed E-state index contributed by atoms with van der Waals surface area (Å²) < 4.78 is 12.4. The normalized spacial score (nSPS) is 10.1. The first kappa shape index (κ1) is 21.5. The average Bonchev–Trinajstić information content (AvgIpc) is 3.06. The van der Waals surface area contributed by atoms with Crippen LogP contribution in [0.15, 0.2) is 42.5 Å². The molecule has 9 nitrogen and oxygen atoms in total. The fourth-order valence-electron chi connectivity index (χ4n) is 2.74. The van der Waals surface area contributed by atoms with Crippen LogP contribution < -0.4 is 20.5 Å². The number of nitrogens with zero attached hydrogens (tertiary/aromatic N) is 4. The predicted molar refractivity (Wildman–Crippen MR) is 114 cm³/mol. The maximum Gasteiger partial charge on any atom is 0.244 e. The lowest BCUT2D eigenvalue weighted by Crippen LogP contribution is -2.21. The number of amides is 1. The third-order valence-corrected chi connectivity index (χ3v) is 4.32. The highest BCUT2D eigenvalue weighted by Gasteiger charge is 2.18. The number of imidazole rings is 1. The molecule has 3 rings (SSSR count). The van der Waals surface area contributed by atoms with Crippen LogP contribution in [0.2, 0.25) is 5.02 Å². The Balaban J connectivity index is 1.80. The van der Waals surface area contributed by atoms with Crippen molar-refractivity contribution in [3.8, 4) is 29.4 Å². The number of nitrogens with one attached hydrogen (secondary N) is 1. The van der Waals surface area contributed by atoms with Crippen LogP contribution in [-0.4, -0.2) is 22.1 Å². The van der Waals surface area contributed by atoms with E-state index in [-0.39, 0.29) is 23.9 Å². The third-order valence-electron chi connectivity index (χ3n) is 4.09. The van der Waals surface area contributed by atoms with Gasteiger partial charge in [-0.25, -0.2) is 4.98 Å². The molecule has 0 unspecified atom stereocenters. The van der Waals surface area contributed by atoms with Crippen molar-refractivity contribution < 1.29 is 14.3 Å². The number of benzene rings is 2. The topological polar surface area (TPSA) is 139 Å². The number of nitrogen functional groups attached to an aromatic ring is 1. The number of hydrogen-bond acceptors (Lipinski definition) is 7. The molecule has 1 heterocycles. The zero-order valence-corrected chi connectivity index (χ0v) is 17.2. The minimum Gasteiger partial charge on any atom is -0.494 e. The Morgan fingerprint density at radius 3 is 2.55 bits per heavy atom. The molecule has 0 atom stereocenters. The van der Waals surface area contributed by atoms with Gasteiger partial charge in [-0.3, -0.25) is 9.36 Å². The summed E-state index contributed by atoms with van der Waals surface area (Å²) in [4.78, 5) is 16.4. The van der Waals surface area contributed by atoms with Gasteiger partial charge in [0.25, 0.3) is 0 Å². The molecule has 0 aliphatic rings. The van der Waals surface area contributed by atoms with Crippen LogP contribution >= 0.6 is 11.6 Å². The number of anilines is 2. The van der Waals surface area contributed by atoms with E-state index in [9.17, 15) is 10.1 Å². The van der Waals surface area contributed by atoms with Gasteiger partial charge in [0.15, 0.2) is 17.1 Å². The summed E-state index contributed by atoms with van der Waals surface area (Å²) in [6, 6.07) is 15.4. The van der Waals surface area contributed by atoms with E-state index in [4.69, 9.17) is 32.1 Å². The van der Waals surface area contributed by atoms with Gasteiger partial charge in [-0.05, 0) is 49.4 Å². The molecule has 31 heavy (non-hydrogen) atoms. The van der Waals surface area contributed by atoms with Gasteiger partial charge in [0.05, 0.1) is 12.3 Å². The molecule has 156 valence electrons. The number of halogens is 1. The van der Waals surface area contributed by atoms with Crippen molar-refractivity contribution in [2.45, 2.75) is 13.5 Å². The minimum atomic E-state index is -0.510. The molecule has 0 fully saturated rings. The molecule has 0 aliphatic heterocycles. The van der Waals surface area contributed by atoms with Crippen molar-refractivity contribution in [2.75, 3.05) is 17.7 Å². The quantitative estimate of drug-likeness (QED) is 0.575. The van der Waals surface area contributed by atoms with Gasteiger partial charge in [-0.15, -0.1) is 0 Å². The summed E-state index contributed by atoms with van der Waals surface area (Å²) in [7, 11) is 0. The second kappa shape index (κ2) is 9.53. The largest absolute Gasteiger partial charge is 0.494 e. The predicted octanol–water partition coefficient (Wildman–Crippen LogP) is 3.69. The molecule has 0 saturated heterocycles. The monoisotopic (exact) mass is 436 g/mol. The smallest absolute Gasteiger partial charge is 0.244 e. The minimum absolute atomic E-state index is 0.0906. The van der Waals surface area contributed by atoms with E-state index in [0.29, 0.717) is 34.6 Å². The lowest BCUT2D eigenvalue weighted by molar-refractivity contribution is -0.116. The molecule has 10 heteroatoms. The van der Waals surface area contributed by atoms with Gasteiger partial charge in [-0.2, -0.15) is 10.5 Å². The standard InChI is InChI=1S/C21H17ClN6O3/c1-2-30-14-4-6-15(7-5-14)31-19-8-3-13(22)9-16(19)26-20(29)12-28-18(11-24)17(10-23)27-21(28)25/h3-9H,2,12H2,1H3,(H2,25,27)(H,26,29). The van der Waals surface area contributed by atoms with Crippen LogP contribution in [-0.2, 0) is 11.3 Å². The molecule has 0 radical (unpaired) electrons. The molecule has 3 aromatic rings. The van der Waals surface area contributed by atoms with Crippen LogP contribution in [0.25, 0.3) is 0 Å². The van der Waals surface area contributed by atoms with Crippen molar-refractivity contribution in [3.63, 3.8) is 0 Å². The number of rotatable bonds is 7. The Labute approximate surface area is 183 Å². The number of carbonyl (C=O) groups is 1. The van der Waals surface area contributed by atoms with Crippen molar-refractivity contribution in [1.29, 1.82) is 10.5 Å². The highest BCUT2D eigenvalue weighted by molar-refractivity contribution is 6.31. The van der Waals surface area contributed by atoms with Crippen molar-refractivity contribution in [3.05, 3.63) is 58.9 Å². The summed E-state index contributed by atoms with van der Waals surface area (Å²) in [5.41, 5.74) is 5.83. The van der Waals surface area contributed by atoms with Crippen LogP contribution in [0.3, 0.4) is 0 Å². The number of nitrogens with two attached hydrogens (primary N) is 1. The fourth-order valence-corrected chi connectivity index (χ4v) is 2.91. The van der Waals surface area contributed by atoms with Crippen LogP contribution in [0, 0.1) is 22.7 Å². The SMILES string of the molecule is CCOc1ccc(Oc2ccc(Cl)cc2NC(=O)Cn2c(N)nc(C#N)c2C#N)cc1. The average molecular weight is 437 g/mol. The van der Waals surface area contributed by atoms with Crippen molar-refractivity contribution >= 4 is 29.1 Å². The second-order valence-corrected chi connectivity index (χ2v) is 6.61. The molecule has 0 saturated carbocycles. The number of hydrogen-bond donors (Lipinski definition) is 2. The van der Waals surface area contributed by atoms with E-state index in [0.717, 1.165) is 4.57 Å². The lowest BCUT2D eigenvalue weighted by Gasteiger charge is -2.14. The molecule has 3 N–H and O–H groups in total. The highest BCUT2D eigenvalue weighted by atomic mass is 35.5. The van der Waals surface area contributed by atoms with Crippen LogP contribution in [0.1, 0.15) is 18.3 Å². The van der Waals surface area contributed by atoms with E-state index in [2.05, 4.69) is 10.3 Å². The zero-order valence-electron chi connectivity index (χ0n) is 16.4. The van der Waals surface area contributed by atoms with Crippen LogP contribution in [0.5, 0.6) is 17.2 Å². The molecule has 0 aliphatic carbocycles. The molecular weight excluding hydrogens is 420 g/mol. The first-order chi connectivity index (χ1) is 14.9. The Morgan fingerprint density at radius 1 is 1.19 bits per heavy atom. The number of carbonyl (C=O) groups excluding carboxylic acids is 1. The summed E-state index contributed by atoms with van der Waals surface area (Å²) >= 11 is 6.08. The first-order valence-electron chi connectivity index (χ1n) is 9.11. The van der Waals surface area contributed by atoms with Gasteiger partial charge in [0.2, 0.25) is 11.9 Å². The Bertz CT molecular complexity index is 1190. The van der Waals surface area contributed by atoms with E-state index >= 15 is 0 Å². The van der Waals surface area contributed by atoms with E-state index in [1.54, 1.807) is 42.5 Å². The molecule has 1 aromatic heterocycles. The van der Waals surface area contributed by atoms with Gasteiger partial charge in [0, 0.05) is 5.02 Å². The number of aromatic nitrogens is 2. The zero-order chi connectivity index (χ0) is 22.4. The summed E-state index contributed by atoms with van der Waals surface area (Å²) in [6.07, 6.45) is 0. The fraction of sp³-hybridized carbons (Fsp3) is 0.143. The van der Waals surface area contributed by atoms with Gasteiger partial charge < -0.3 is 20.5 Å². The van der Waals surface area contributed by atoms with E-state index in [1.807, 2.05) is 13.0 Å². The molecule has 2 aromatic carbocycles. The number of ether oxygens (including phenoxy) is 2. The van der Waals surface area contributed by atoms with Gasteiger partial charge in [0.1, 0.15) is 30.2 Å². The maximum atomic E-state index is 12.6. The second-order valence-electron chi connectivity index (χ2n) is 6.17. The third kappa shape index (κ3) is 5.04. The van der Waals surface area contributed by atoms with Crippen LogP contribution in [0.4, 0.5) is 11.6 Å². The molecular formula is C21H17ClN6O3. The van der Waals surface area contributed by atoms with Gasteiger partial charge in [-0.1, -0.05) is 11.6 Å². The Morgan fingerprint density at radius 2 is 1.90 bits per heavy atom. The lowest BCUT2D eigenvalue weighted by atomic mass is 10.2. The van der Waals surface area contributed by atoms with Crippen molar-refractivity contribution in [2.24, 2.45) is 0 Å². The van der Waals surface area contributed by atoms with E-state index < -0.39 is 5.91 Å². The Kier molecular flexibility index (Phi) is 6.61. The summed E-state index contributed by atoms with van der Waals surface area (Å²) in [5.74, 6) is 0.982. The molecule has 1 amide bonds. The number of nitriles is 2. The summed E-state index contributed by atoms with van der Waals surface area (Å²) in [6.45, 7) is 2.13. The maximum absolute atomic E-state index is 12.6. The molecule has 0 spiro atoms. The van der Waals surface area contributed by atoms with Gasteiger partial charge >= 0.3 is 0 Å². The van der Waals surface area contributed by atoms with Crippen molar-refractivity contribution in [1.82, 2.24) is 9.55 Å². The van der Waals surface area contributed by atoms with E-state index in [1.165, 1.54) is 6.07 Å².